The molecule has 0 amide bonds. The van der Waals surface area contributed by atoms with E-state index in [2.05, 4.69) is 22.1 Å². The fraction of sp³-hybridized carbons (Fsp3) is 0.0667. The molecule has 0 saturated carbocycles. The summed E-state index contributed by atoms with van der Waals surface area (Å²) >= 11 is 0. The first kappa shape index (κ1) is 10.7. The van der Waals surface area contributed by atoms with Crippen LogP contribution in [0.25, 0.3) is 22.2 Å². The summed E-state index contributed by atoms with van der Waals surface area (Å²) in [5.41, 5.74) is 9.68. The topological polar surface area (TPSA) is 51.8 Å². The minimum atomic E-state index is 0.537. The molecule has 3 rings (SSSR count). The lowest BCUT2D eigenvalue weighted by Gasteiger charge is -2.04. The Hall–Kier alpha value is -2.42. The number of fused-ring (bicyclic) bond motifs is 1. The molecule has 1 aromatic carbocycles. The van der Waals surface area contributed by atoms with Crippen LogP contribution in [0.2, 0.25) is 0 Å². The van der Waals surface area contributed by atoms with Crippen molar-refractivity contribution in [2.24, 2.45) is 0 Å². The quantitative estimate of drug-likeness (QED) is 0.704. The number of aryl methyl sites for hydroxylation is 1. The molecule has 0 atom stereocenters. The minimum absolute atomic E-state index is 0.537. The number of hydrogen-bond donors (Lipinski definition) is 1. The molecule has 2 heterocycles. The van der Waals surface area contributed by atoms with E-state index in [1.165, 1.54) is 0 Å². The van der Waals surface area contributed by atoms with Crippen molar-refractivity contribution in [3.8, 4) is 11.3 Å². The van der Waals surface area contributed by atoms with E-state index in [1.807, 2.05) is 37.3 Å². The molecule has 0 fully saturated rings. The van der Waals surface area contributed by atoms with Gasteiger partial charge in [-0.3, -0.25) is 4.98 Å². The monoisotopic (exact) mass is 235 g/mol. The summed E-state index contributed by atoms with van der Waals surface area (Å²) < 4.78 is 0. The maximum Gasteiger partial charge on any atom is 0.124 e. The molecule has 0 spiro atoms. The van der Waals surface area contributed by atoms with Crippen molar-refractivity contribution >= 4 is 16.7 Å². The average Bonchev–Trinajstić information content (AvgIpc) is 2.38. The standard InChI is InChI=1S/C15H13N3/c1-10-5-6-11-9-12(7-8-14(11)17-10)13-3-2-4-15(16)18-13/h2-9H,1H3,(H2,16,18). The number of hydrogen-bond acceptors (Lipinski definition) is 3. The van der Waals surface area contributed by atoms with Crippen molar-refractivity contribution in [2.75, 3.05) is 5.73 Å². The van der Waals surface area contributed by atoms with Crippen molar-refractivity contribution < 1.29 is 0 Å². The summed E-state index contributed by atoms with van der Waals surface area (Å²) in [6.07, 6.45) is 0. The SMILES string of the molecule is Cc1ccc2cc(-c3cccc(N)n3)ccc2n1. The average molecular weight is 235 g/mol. The van der Waals surface area contributed by atoms with Gasteiger partial charge in [-0.05, 0) is 37.3 Å². The van der Waals surface area contributed by atoms with Gasteiger partial charge in [-0.25, -0.2) is 4.98 Å². The van der Waals surface area contributed by atoms with Gasteiger partial charge in [0.1, 0.15) is 5.82 Å². The van der Waals surface area contributed by atoms with Crippen molar-refractivity contribution in [1.29, 1.82) is 0 Å². The van der Waals surface area contributed by atoms with Crippen LogP contribution in [-0.2, 0) is 0 Å². The van der Waals surface area contributed by atoms with E-state index in [0.29, 0.717) is 5.82 Å². The van der Waals surface area contributed by atoms with Crippen LogP contribution in [0.3, 0.4) is 0 Å². The van der Waals surface area contributed by atoms with E-state index in [9.17, 15) is 0 Å². The number of aromatic nitrogens is 2. The molecule has 2 aromatic heterocycles. The van der Waals surface area contributed by atoms with Crippen LogP contribution >= 0.6 is 0 Å². The number of nitrogens with zero attached hydrogens (tertiary/aromatic N) is 2. The molecule has 0 unspecified atom stereocenters. The summed E-state index contributed by atoms with van der Waals surface area (Å²) in [6.45, 7) is 1.99. The number of rotatable bonds is 1. The highest BCUT2D eigenvalue weighted by molar-refractivity contribution is 5.84. The molecule has 0 bridgehead atoms. The van der Waals surface area contributed by atoms with Crippen LogP contribution in [0, 0.1) is 6.92 Å². The van der Waals surface area contributed by atoms with Gasteiger partial charge in [0, 0.05) is 16.6 Å². The molecule has 0 aliphatic rings. The fourth-order valence-corrected chi connectivity index (χ4v) is 2.00. The van der Waals surface area contributed by atoms with Gasteiger partial charge >= 0.3 is 0 Å². The zero-order valence-electron chi connectivity index (χ0n) is 10.1. The molecule has 0 saturated heterocycles. The Morgan fingerprint density at radius 3 is 2.67 bits per heavy atom. The van der Waals surface area contributed by atoms with Crippen LogP contribution in [0.5, 0.6) is 0 Å². The van der Waals surface area contributed by atoms with E-state index >= 15 is 0 Å². The molecule has 0 aliphatic carbocycles. The molecule has 2 N–H and O–H groups in total. The Kier molecular flexibility index (Phi) is 2.45. The van der Waals surface area contributed by atoms with Crippen molar-refractivity contribution in [3.63, 3.8) is 0 Å². The molecular weight excluding hydrogens is 222 g/mol. The maximum atomic E-state index is 5.70. The smallest absolute Gasteiger partial charge is 0.124 e. The van der Waals surface area contributed by atoms with E-state index < -0.39 is 0 Å². The van der Waals surface area contributed by atoms with Crippen molar-refractivity contribution in [3.05, 3.63) is 54.2 Å². The largest absolute Gasteiger partial charge is 0.384 e. The number of anilines is 1. The van der Waals surface area contributed by atoms with E-state index in [0.717, 1.165) is 27.9 Å². The first-order valence-corrected chi connectivity index (χ1v) is 5.83. The van der Waals surface area contributed by atoms with Gasteiger partial charge in [-0.1, -0.05) is 18.2 Å². The van der Waals surface area contributed by atoms with Gasteiger partial charge in [0.15, 0.2) is 0 Å². The number of benzene rings is 1. The van der Waals surface area contributed by atoms with Gasteiger partial charge in [0.05, 0.1) is 11.2 Å². The number of pyridine rings is 2. The molecular formula is C15H13N3. The zero-order chi connectivity index (χ0) is 12.5. The predicted molar refractivity (Wildman–Crippen MR) is 74.1 cm³/mol. The molecule has 18 heavy (non-hydrogen) atoms. The minimum Gasteiger partial charge on any atom is -0.384 e. The Bertz CT molecular complexity index is 720. The van der Waals surface area contributed by atoms with Crippen LogP contribution < -0.4 is 5.73 Å². The van der Waals surface area contributed by atoms with Gasteiger partial charge in [0.25, 0.3) is 0 Å². The highest BCUT2D eigenvalue weighted by atomic mass is 14.8. The van der Waals surface area contributed by atoms with Gasteiger partial charge in [-0.15, -0.1) is 0 Å². The van der Waals surface area contributed by atoms with Crippen LogP contribution in [0.4, 0.5) is 5.82 Å². The second-order valence-corrected chi connectivity index (χ2v) is 4.31. The summed E-state index contributed by atoms with van der Waals surface area (Å²) in [7, 11) is 0. The van der Waals surface area contributed by atoms with E-state index in [4.69, 9.17) is 5.73 Å². The van der Waals surface area contributed by atoms with E-state index in [-0.39, 0.29) is 0 Å². The van der Waals surface area contributed by atoms with Crippen LogP contribution in [0.15, 0.2) is 48.5 Å². The summed E-state index contributed by atoms with van der Waals surface area (Å²) in [5.74, 6) is 0.537. The van der Waals surface area contributed by atoms with Gasteiger partial charge in [-0.2, -0.15) is 0 Å². The lowest BCUT2D eigenvalue weighted by atomic mass is 10.1. The summed E-state index contributed by atoms with van der Waals surface area (Å²) in [6, 6.07) is 15.9. The molecule has 0 radical (unpaired) electrons. The van der Waals surface area contributed by atoms with Crippen LogP contribution in [-0.4, -0.2) is 9.97 Å². The molecule has 88 valence electrons. The summed E-state index contributed by atoms with van der Waals surface area (Å²) in [4.78, 5) is 8.81. The Balaban J connectivity index is 2.16. The Morgan fingerprint density at radius 1 is 0.944 bits per heavy atom. The highest BCUT2D eigenvalue weighted by Crippen LogP contribution is 2.22. The Labute approximate surface area is 105 Å². The third kappa shape index (κ3) is 1.91. The first-order chi connectivity index (χ1) is 8.72. The molecule has 3 heteroatoms. The predicted octanol–water partition coefficient (Wildman–Crippen LogP) is 3.19. The highest BCUT2D eigenvalue weighted by Gasteiger charge is 2.02. The first-order valence-electron chi connectivity index (χ1n) is 5.83. The van der Waals surface area contributed by atoms with Gasteiger partial charge < -0.3 is 5.73 Å². The molecule has 3 aromatic rings. The van der Waals surface area contributed by atoms with E-state index in [1.54, 1.807) is 6.07 Å². The van der Waals surface area contributed by atoms with Crippen LogP contribution in [0.1, 0.15) is 5.69 Å². The maximum absolute atomic E-state index is 5.70. The number of nitrogens with two attached hydrogens (primary N) is 1. The van der Waals surface area contributed by atoms with Crippen molar-refractivity contribution in [1.82, 2.24) is 9.97 Å². The number of nitrogen functional groups attached to an aromatic ring is 1. The fourth-order valence-electron chi connectivity index (χ4n) is 2.00. The third-order valence-electron chi connectivity index (χ3n) is 2.89. The normalized spacial score (nSPS) is 10.7. The van der Waals surface area contributed by atoms with Gasteiger partial charge in [0.2, 0.25) is 0 Å². The summed E-state index contributed by atoms with van der Waals surface area (Å²) in [5, 5.41) is 1.11. The third-order valence-corrected chi connectivity index (χ3v) is 2.89. The Morgan fingerprint density at radius 2 is 1.83 bits per heavy atom. The lowest BCUT2D eigenvalue weighted by Crippen LogP contribution is -1.91. The zero-order valence-corrected chi connectivity index (χ0v) is 10.1. The molecule has 0 aliphatic heterocycles. The molecule has 3 nitrogen and oxygen atoms in total. The second-order valence-electron chi connectivity index (χ2n) is 4.31. The lowest BCUT2D eigenvalue weighted by molar-refractivity contribution is 1.25. The second kappa shape index (κ2) is 4.11. The van der Waals surface area contributed by atoms with Crippen molar-refractivity contribution in [2.45, 2.75) is 6.92 Å².